The van der Waals surface area contributed by atoms with E-state index in [0.717, 1.165) is 0 Å². The summed E-state index contributed by atoms with van der Waals surface area (Å²) in [6.07, 6.45) is 0. The SMILES string of the molecule is COc1ccc(C(=O)N2CCOCC2)nc1Nc1ccc(F)cc1. The Labute approximate surface area is 139 Å². The van der Waals surface area contributed by atoms with E-state index in [0.29, 0.717) is 49.3 Å². The molecule has 1 aliphatic heterocycles. The lowest BCUT2D eigenvalue weighted by Gasteiger charge is -2.26. The number of nitrogens with zero attached hydrogens (tertiary/aromatic N) is 2. The average Bonchev–Trinajstić information content (AvgIpc) is 2.63. The third-order valence-electron chi connectivity index (χ3n) is 3.70. The Hall–Kier alpha value is -2.67. The molecule has 7 heteroatoms. The van der Waals surface area contributed by atoms with Gasteiger partial charge in [0.15, 0.2) is 11.6 Å². The zero-order chi connectivity index (χ0) is 16.9. The molecule has 1 aromatic heterocycles. The number of nitrogens with one attached hydrogen (secondary N) is 1. The molecule has 2 heterocycles. The number of carbonyl (C=O) groups is 1. The molecule has 1 aromatic carbocycles. The molecule has 3 rings (SSSR count). The van der Waals surface area contributed by atoms with Gasteiger partial charge in [0, 0.05) is 18.8 Å². The first kappa shape index (κ1) is 16.2. The smallest absolute Gasteiger partial charge is 0.272 e. The fraction of sp³-hybridized carbons (Fsp3) is 0.294. The number of aromatic nitrogens is 1. The summed E-state index contributed by atoms with van der Waals surface area (Å²) in [5, 5.41) is 3.05. The first-order valence-corrected chi connectivity index (χ1v) is 7.62. The van der Waals surface area contributed by atoms with Crippen LogP contribution in [-0.2, 0) is 4.74 Å². The van der Waals surface area contributed by atoms with Gasteiger partial charge in [-0.2, -0.15) is 0 Å². The van der Waals surface area contributed by atoms with Gasteiger partial charge in [-0.05, 0) is 36.4 Å². The Bertz CT molecular complexity index is 716. The minimum absolute atomic E-state index is 0.150. The molecule has 0 spiro atoms. The van der Waals surface area contributed by atoms with Gasteiger partial charge in [0.2, 0.25) is 0 Å². The van der Waals surface area contributed by atoms with Crippen LogP contribution in [0, 0.1) is 5.82 Å². The third-order valence-corrected chi connectivity index (χ3v) is 3.70. The number of halogens is 1. The van der Waals surface area contributed by atoms with Crippen molar-refractivity contribution >= 4 is 17.4 Å². The van der Waals surface area contributed by atoms with Crippen LogP contribution in [0.1, 0.15) is 10.5 Å². The summed E-state index contributed by atoms with van der Waals surface area (Å²) in [4.78, 5) is 18.6. The first-order chi connectivity index (χ1) is 11.7. The lowest BCUT2D eigenvalue weighted by Crippen LogP contribution is -2.41. The molecule has 1 fully saturated rings. The molecular formula is C17H18FN3O3. The molecule has 0 atom stereocenters. The van der Waals surface area contributed by atoms with E-state index in [9.17, 15) is 9.18 Å². The number of hydrogen-bond donors (Lipinski definition) is 1. The maximum Gasteiger partial charge on any atom is 0.272 e. The molecule has 24 heavy (non-hydrogen) atoms. The molecule has 1 amide bonds. The third kappa shape index (κ3) is 3.62. The Morgan fingerprint density at radius 3 is 2.58 bits per heavy atom. The molecule has 0 radical (unpaired) electrons. The van der Waals surface area contributed by atoms with Crippen LogP contribution in [0.5, 0.6) is 5.75 Å². The van der Waals surface area contributed by atoms with E-state index >= 15 is 0 Å². The molecule has 6 nitrogen and oxygen atoms in total. The maximum absolute atomic E-state index is 13.0. The molecule has 0 unspecified atom stereocenters. The first-order valence-electron chi connectivity index (χ1n) is 7.62. The number of methoxy groups -OCH3 is 1. The zero-order valence-electron chi connectivity index (χ0n) is 13.3. The topological polar surface area (TPSA) is 63.7 Å². The normalized spacial score (nSPS) is 14.3. The Kier molecular flexibility index (Phi) is 4.90. The van der Waals surface area contributed by atoms with Crippen molar-refractivity contribution in [3.8, 4) is 5.75 Å². The van der Waals surface area contributed by atoms with Gasteiger partial charge in [0.25, 0.3) is 5.91 Å². The minimum Gasteiger partial charge on any atom is -0.493 e. The van der Waals surface area contributed by atoms with Crippen molar-refractivity contribution in [3.05, 3.63) is 47.9 Å². The van der Waals surface area contributed by atoms with E-state index in [1.165, 1.54) is 19.2 Å². The highest BCUT2D eigenvalue weighted by Crippen LogP contribution is 2.26. The van der Waals surface area contributed by atoms with Gasteiger partial charge < -0.3 is 19.7 Å². The number of hydrogen-bond acceptors (Lipinski definition) is 5. The Balaban J connectivity index is 1.84. The van der Waals surface area contributed by atoms with E-state index in [4.69, 9.17) is 9.47 Å². The van der Waals surface area contributed by atoms with Crippen LogP contribution in [0.2, 0.25) is 0 Å². The monoisotopic (exact) mass is 331 g/mol. The number of ether oxygens (including phenoxy) is 2. The van der Waals surface area contributed by atoms with Gasteiger partial charge in [0.1, 0.15) is 11.5 Å². The van der Waals surface area contributed by atoms with E-state index in [1.54, 1.807) is 29.2 Å². The van der Waals surface area contributed by atoms with Crippen LogP contribution >= 0.6 is 0 Å². The molecule has 0 aliphatic carbocycles. The number of benzene rings is 1. The quantitative estimate of drug-likeness (QED) is 0.932. The van der Waals surface area contributed by atoms with E-state index in [2.05, 4.69) is 10.3 Å². The van der Waals surface area contributed by atoms with E-state index in [-0.39, 0.29) is 11.7 Å². The summed E-state index contributed by atoms with van der Waals surface area (Å²) >= 11 is 0. The second-order valence-electron chi connectivity index (χ2n) is 5.28. The van der Waals surface area contributed by atoms with Crippen molar-refractivity contribution < 1.29 is 18.7 Å². The van der Waals surface area contributed by atoms with E-state index in [1.807, 2.05) is 0 Å². The molecule has 1 saturated heterocycles. The van der Waals surface area contributed by atoms with Gasteiger partial charge in [-0.25, -0.2) is 9.37 Å². The van der Waals surface area contributed by atoms with Crippen molar-refractivity contribution in [2.75, 3.05) is 38.7 Å². The summed E-state index contributed by atoms with van der Waals surface area (Å²) in [5.41, 5.74) is 0.973. The van der Waals surface area contributed by atoms with Crippen LogP contribution in [0.25, 0.3) is 0 Å². The highest BCUT2D eigenvalue weighted by Gasteiger charge is 2.21. The van der Waals surface area contributed by atoms with Crippen LogP contribution in [0.15, 0.2) is 36.4 Å². The van der Waals surface area contributed by atoms with Crippen molar-refractivity contribution in [2.24, 2.45) is 0 Å². The van der Waals surface area contributed by atoms with Gasteiger partial charge in [-0.1, -0.05) is 0 Å². The minimum atomic E-state index is -0.322. The van der Waals surface area contributed by atoms with Crippen LogP contribution in [-0.4, -0.2) is 49.2 Å². The molecule has 2 aromatic rings. The summed E-state index contributed by atoms with van der Waals surface area (Å²) in [7, 11) is 1.52. The number of anilines is 2. The predicted molar refractivity (Wildman–Crippen MR) is 87.2 cm³/mol. The van der Waals surface area contributed by atoms with Crippen molar-refractivity contribution in [1.82, 2.24) is 9.88 Å². The van der Waals surface area contributed by atoms with Gasteiger partial charge >= 0.3 is 0 Å². The Morgan fingerprint density at radius 1 is 1.21 bits per heavy atom. The maximum atomic E-state index is 13.0. The van der Waals surface area contributed by atoms with Crippen LogP contribution < -0.4 is 10.1 Å². The van der Waals surface area contributed by atoms with Gasteiger partial charge in [-0.3, -0.25) is 4.79 Å². The number of morpholine rings is 1. The lowest BCUT2D eigenvalue weighted by atomic mass is 10.2. The second kappa shape index (κ2) is 7.27. The average molecular weight is 331 g/mol. The van der Waals surface area contributed by atoms with Gasteiger partial charge in [0.05, 0.1) is 20.3 Å². The van der Waals surface area contributed by atoms with E-state index < -0.39 is 0 Å². The molecule has 1 N–H and O–H groups in total. The van der Waals surface area contributed by atoms with Crippen LogP contribution in [0.4, 0.5) is 15.9 Å². The lowest BCUT2D eigenvalue weighted by molar-refractivity contribution is 0.0299. The summed E-state index contributed by atoms with van der Waals surface area (Å²) < 4.78 is 23.6. The fourth-order valence-electron chi connectivity index (χ4n) is 2.42. The summed E-state index contributed by atoms with van der Waals surface area (Å²) in [6, 6.07) is 9.19. The fourth-order valence-corrected chi connectivity index (χ4v) is 2.42. The molecule has 126 valence electrons. The number of carbonyl (C=O) groups excluding carboxylic acids is 1. The predicted octanol–water partition coefficient (Wildman–Crippen LogP) is 2.45. The Morgan fingerprint density at radius 2 is 1.92 bits per heavy atom. The number of amides is 1. The second-order valence-corrected chi connectivity index (χ2v) is 5.28. The standard InChI is InChI=1S/C17H18FN3O3/c1-23-15-7-6-14(17(22)21-8-10-24-11-9-21)20-16(15)19-13-4-2-12(18)3-5-13/h2-7H,8-11H2,1H3,(H,19,20). The highest BCUT2D eigenvalue weighted by molar-refractivity contribution is 5.93. The van der Waals surface area contributed by atoms with Crippen molar-refractivity contribution in [2.45, 2.75) is 0 Å². The molecule has 0 saturated carbocycles. The van der Waals surface area contributed by atoms with Crippen molar-refractivity contribution in [1.29, 1.82) is 0 Å². The molecule has 0 bridgehead atoms. The van der Waals surface area contributed by atoms with Crippen LogP contribution in [0.3, 0.4) is 0 Å². The number of pyridine rings is 1. The summed E-state index contributed by atoms with van der Waals surface area (Å²) in [5.74, 6) is 0.431. The molecule has 1 aliphatic rings. The largest absolute Gasteiger partial charge is 0.493 e. The van der Waals surface area contributed by atoms with Crippen molar-refractivity contribution in [3.63, 3.8) is 0 Å². The molecular weight excluding hydrogens is 313 g/mol. The van der Waals surface area contributed by atoms with Gasteiger partial charge in [-0.15, -0.1) is 0 Å². The zero-order valence-corrected chi connectivity index (χ0v) is 13.3. The summed E-state index contributed by atoms with van der Waals surface area (Å²) in [6.45, 7) is 2.16. The highest BCUT2D eigenvalue weighted by atomic mass is 19.1. The number of rotatable bonds is 4.